The Kier molecular flexibility index (Phi) is 5.00. The van der Waals surface area contributed by atoms with Crippen LogP contribution in [0.1, 0.15) is 5.56 Å². The van der Waals surface area contributed by atoms with E-state index in [0.717, 1.165) is 32.7 Å². The number of piperazine rings is 1. The Labute approximate surface area is 135 Å². The van der Waals surface area contributed by atoms with E-state index in [9.17, 15) is 9.50 Å². The molecule has 4 nitrogen and oxygen atoms in total. The lowest BCUT2D eigenvalue weighted by Gasteiger charge is -2.45. The third-order valence-electron chi connectivity index (χ3n) is 4.62. The molecule has 2 aliphatic heterocycles. The predicted molar refractivity (Wildman–Crippen MR) is 83.5 cm³/mol. The molecule has 0 saturated carbocycles. The zero-order valence-electron chi connectivity index (χ0n) is 12.6. The van der Waals surface area contributed by atoms with Crippen molar-refractivity contribution < 1.29 is 14.2 Å². The lowest BCUT2D eigenvalue weighted by atomic mass is 9.86. The van der Waals surface area contributed by atoms with Crippen LogP contribution < -0.4 is 0 Å². The number of nitrogens with zero attached hydrogens (tertiary/aromatic N) is 2. The first-order valence-corrected chi connectivity index (χ1v) is 8.06. The van der Waals surface area contributed by atoms with Gasteiger partial charge < -0.3 is 9.84 Å². The summed E-state index contributed by atoms with van der Waals surface area (Å²) in [5.74, 6) is -0.235. The molecule has 6 heteroatoms. The van der Waals surface area contributed by atoms with Crippen LogP contribution >= 0.6 is 11.6 Å². The highest BCUT2D eigenvalue weighted by molar-refractivity contribution is 6.31. The van der Waals surface area contributed by atoms with Crippen LogP contribution in [0, 0.1) is 11.2 Å². The smallest absolute Gasteiger partial charge is 0.129 e. The summed E-state index contributed by atoms with van der Waals surface area (Å²) in [5, 5.41) is 10.00. The maximum Gasteiger partial charge on any atom is 0.129 e. The largest absolute Gasteiger partial charge is 0.396 e. The summed E-state index contributed by atoms with van der Waals surface area (Å²) < 4.78 is 19.1. The van der Waals surface area contributed by atoms with Gasteiger partial charge in [0, 0.05) is 49.9 Å². The molecule has 1 aromatic rings. The summed E-state index contributed by atoms with van der Waals surface area (Å²) in [6, 6.07) is 4.82. The topological polar surface area (TPSA) is 35.9 Å². The van der Waals surface area contributed by atoms with Crippen molar-refractivity contribution in [2.24, 2.45) is 5.41 Å². The van der Waals surface area contributed by atoms with E-state index in [1.165, 1.54) is 6.07 Å². The van der Waals surface area contributed by atoms with E-state index in [2.05, 4.69) is 9.80 Å². The highest BCUT2D eigenvalue weighted by Gasteiger charge is 2.40. The van der Waals surface area contributed by atoms with Gasteiger partial charge in [-0.05, 0) is 12.1 Å². The number of benzene rings is 1. The van der Waals surface area contributed by atoms with Crippen molar-refractivity contribution in [3.8, 4) is 0 Å². The highest BCUT2D eigenvalue weighted by Crippen LogP contribution is 2.28. The third-order valence-corrected chi connectivity index (χ3v) is 4.97. The Morgan fingerprint density at radius 1 is 1.18 bits per heavy atom. The molecule has 122 valence electrons. The average molecular weight is 329 g/mol. The fourth-order valence-corrected chi connectivity index (χ4v) is 3.33. The average Bonchev–Trinajstić information content (AvgIpc) is 2.48. The molecule has 0 spiro atoms. The monoisotopic (exact) mass is 328 g/mol. The van der Waals surface area contributed by atoms with Gasteiger partial charge in [0.15, 0.2) is 0 Å². The van der Waals surface area contributed by atoms with E-state index in [4.69, 9.17) is 16.3 Å². The van der Waals surface area contributed by atoms with E-state index in [-0.39, 0.29) is 17.8 Å². The molecule has 0 unspecified atom stereocenters. The highest BCUT2D eigenvalue weighted by atomic mass is 35.5. The van der Waals surface area contributed by atoms with Crippen LogP contribution in [0.25, 0.3) is 0 Å². The van der Waals surface area contributed by atoms with Crippen LogP contribution in [-0.4, -0.2) is 67.5 Å². The van der Waals surface area contributed by atoms with Gasteiger partial charge in [0.1, 0.15) is 5.82 Å². The molecule has 1 aromatic carbocycles. The number of hydrogen-bond donors (Lipinski definition) is 1. The van der Waals surface area contributed by atoms with Crippen LogP contribution in [0.2, 0.25) is 5.02 Å². The molecule has 0 aliphatic carbocycles. The summed E-state index contributed by atoms with van der Waals surface area (Å²) in [7, 11) is 0. The van der Waals surface area contributed by atoms with Gasteiger partial charge in [0.05, 0.1) is 25.2 Å². The molecule has 22 heavy (non-hydrogen) atoms. The summed E-state index contributed by atoms with van der Waals surface area (Å²) in [5.41, 5.74) is 0.508. The second kappa shape index (κ2) is 6.81. The maximum atomic E-state index is 13.8. The van der Waals surface area contributed by atoms with Crippen molar-refractivity contribution in [3.05, 3.63) is 34.6 Å². The van der Waals surface area contributed by atoms with Gasteiger partial charge in [-0.2, -0.15) is 0 Å². The Morgan fingerprint density at radius 2 is 1.86 bits per heavy atom. The fourth-order valence-electron chi connectivity index (χ4n) is 3.11. The number of rotatable bonds is 5. The molecule has 1 N–H and O–H groups in total. The Hall–Kier alpha value is -0.720. The first kappa shape index (κ1) is 16.1. The van der Waals surface area contributed by atoms with Crippen molar-refractivity contribution in [2.45, 2.75) is 6.54 Å². The number of aliphatic hydroxyl groups excluding tert-OH is 1. The number of hydrogen-bond acceptors (Lipinski definition) is 4. The normalized spacial score (nSPS) is 22.5. The minimum absolute atomic E-state index is 0.0724. The minimum Gasteiger partial charge on any atom is -0.396 e. The van der Waals surface area contributed by atoms with Gasteiger partial charge in [0.25, 0.3) is 0 Å². The van der Waals surface area contributed by atoms with Crippen molar-refractivity contribution >= 4 is 11.6 Å². The summed E-state index contributed by atoms with van der Waals surface area (Å²) in [6.45, 7) is 6.51. The molecule has 0 amide bonds. The molecule has 2 saturated heterocycles. The minimum atomic E-state index is -0.235. The van der Waals surface area contributed by atoms with Gasteiger partial charge in [-0.25, -0.2) is 4.39 Å². The van der Waals surface area contributed by atoms with Gasteiger partial charge in [-0.3, -0.25) is 9.80 Å². The van der Waals surface area contributed by atoms with E-state index in [1.807, 2.05) is 0 Å². The third kappa shape index (κ3) is 3.44. The zero-order chi connectivity index (χ0) is 15.6. The fraction of sp³-hybridized carbons (Fsp3) is 0.625. The zero-order valence-corrected chi connectivity index (χ0v) is 13.4. The Morgan fingerprint density at radius 3 is 2.41 bits per heavy atom. The lowest BCUT2D eigenvalue weighted by Crippen LogP contribution is -2.56. The molecular formula is C16H22ClFN2O2. The van der Waals surface area contributed by atoms with Crippen LogP contribution in [0.5, 0.6) is 0 Å². The lowest BCUT2D eigenvalue weighted by molar-refractivity contribution is -0.150. The predicted octanol–water partition coefficient (Wildman–Crippen LogP) is 1.61. The summed E-state index contributed by atoms with van der Waals surface area (Å²) in [4.78, 5) is 4.59. The van der Waals surface area contributed by atoms with E-state index in [1.54, 1.807) is 12.1 Å². The number of ether oxygens (including phenoxy) is 1. The first-order chi connectivity index (χ1) is 10.6. The van der Waals surface area contributed by atoms with Crippen LogP contribution in [0.4, 0.5) is 4.39 Å². The molecule has 0 aromatic heterocycles. The van der Waals surface area contributed by atoms with Gasteiger partial charge in [-0.1, -0.05) is 17.7 Å². The van der Waals surface area contributed by atoms with E-state index >= 15 is 0 Å². The van der Waals surface area contributed by atoms with Crippen LogP contribution in [0.3, 0.4) is 0 Å². The molecule has 3 rings (SSSR count). The molecule has 0 bridgehead atoms. The number of aliphatic hydroxyl groups is 1. The Balaban J connectivity index is 1.52. The summed E-state index contributed by atoms with van der Waals surface area (Å²) >= 11 is 6.09. The van der Waals surface area contributed by atoms with Gasteiger partial charge in [0.2, 0.25) is 0 Å². The number of halogens is 2. The quantitative estimate of drug-likeness (QED) is 0.891. The Bertz CT molecular complexity index is 491. The molecule has 2 aliphatic rings. The van der Waals surface area contributed by atoms with Gasteiger partial charge in [-0.15, -0.1) is 0 Å². The van der Waals surface area contributed by atoms with Crippen molar-refractivity contribution in [1.82, 2.24) is 9.80 Å². The van der Waals surface area contributed by atoms with Crippen molar-refractivity contribution in [3.63, 3.8) is 0 Å². The molecule has 0 radical (unpaired) electrons. The van der Waals surface area contributed by atoms with E-state index in [0.29, 0.717) is 30.3 Å². The van der Waals surface area contributed by atoms with Crippen molar-refractivity contribution in [1.29, 1.82) is 0 Å². The second-order valence-electron chi connectivity index (χ2n) is 6.40. The SMILES string of the molecule is OCC1(CN2CCN(Cc3c(F)cccc3Cl)CC2)COC1. The standard InChI is InChI=1S/C16H22ClFN2O2/c17-14-2-1-3-15(18)13(14)8-19-4-6-20(7-5-19)9-16(10-21)11-22-12-16/h1-3,21H,4-12H2. The molecule has 0 atom stereocenters. The van der Waals surface area contributed by atoms with Crippen molar-refractivity contribution in [2.75, 3.05) is 52.5 Å². The molecular weight excluding hydrogens is 307 g/mol. The van der Waals surface area contributed by atoms with Crippen LogP contribution in [0.15, 0.2) is 18.2 Å². The van der Waals surface area contributed by atoms with Gasteiger partial charge >= 0.3 is 0 Å². The van der Waals surface area contributed by atoms with Crippen LogP contribution in [-0.2, 0) is 11.3 Å². The first-order valence-electron chi connectivity index (χ1n) is 7.68. The molecule has 2 heterocycles. The van der Waals surface area contributed by atoms with E-state index < -0.39 is 0 Å². The maximum absolute atomic E-state index is 13.8. The second-order valence-corrected chi connectivity index (χ2v) is 6.81. The summed E-state index contributed by atoms with van der Waals surface area (Å²) in [6.07, 6.45) is 0. The molecule has 2 fully saturated rings.